The molecule has 1 saturated carbocycles. The lowest BCUT2D eigenvalue weighted by Crippen LogP contribution is -2.35. The Morgan fingerprint density at radius 3 is 2.69 bits per heavy atom. The van der Waals surface area contributed by atoms with Gasteiger partial charge in [0, 0.05) is 12.1 Å². The monoisotopic (exact) mass is 224 g/mol. The van der Waals surface area contributed by atoms with Crippen molar-refractivity contribution in [3.05, 3.63) is 12.7 Å². The summed E-state index contributed by atoms with van der Waals surface area (Å²) in [6.07, 6.45) is 10.3. The molecule has 16 heavy (non-hydrogen) atoms. The lowest BCUT2D eigenvalue weighted by molar-refractivity contribution is 0.189. The molecule has 1 aliphatic rings. The van der Waals surface area contributed by atoms with Crippen LogP contribution in [0.5, 0.6) is 0 Å². The van der Waals surface area contributed by atoms with Gasteiger partial charge >= 0.3 is 0 Å². The molecule has 0 aliphatic heterocycles. The summed E-state index contributed by atoms with van der Waals surface area (Å²) in [4.78, 5) is 2.55. The van der Waals surface area contributed by atoms with E-state index in [1.54, 1.807) is 0 Å². The first-order chi connectivity index (χ1) is 7.74. The molecule has 0 bridgehead atoms. The summed E-state index contributed by atoms with van der Waals surface area (Å²) >= 11 is 0. The normalized spacial score (nSPS) is 19.9. The SMILES string of the molecule is C=CC(C)NCCCN(C)C1CCCCC1. The molecule has 1 N–H and O–H groups in total. The van der Waals surface area contributed by atoms with Gasteiger partial charge in [-0.05, 0) is 46.3 Å². The molecule has 0 spiro atoms. The Kier molecular flexibility index (Phi) is 6.74. The van der Waals surface area contributed by atoms with Gasteiger partial charge in [0.1, 0.15) is 0 Å². The van der Waals surface area contributed by atoms with E-state index in [0.717, 1.165) is 12.6 Å². The lowest BCUT2D eigenvalue weighted by atomic mass is 9.94. The third kappa shape index (κ3) is 5.13. The van der Waals surface area contributed by atoms with Gasteiger partial charge in [0.15, 0.2) is 0 Å². The fourth-order valence-electron chi connectivity index (χ4n) is 2.45. The van der Waals surface area contributed by atoms with Gasteiger partial charge in [0.05, 0.1) is 0 Å². The van der Waals surface area contributed by atoms with Gasteiger partial charge in [-0.2, -0.15) is 0 Å². The smallest absolute Gasteiger partial charge is 0.0219 e. The van der Waals surface area contributed by atoms with Crippen molar-refractivity contribution >= 4 is 0 Å². The van der Waals surface area contributed by atoms with Gasteiger partial charge in [-0.3, -0.25) is 0 Å². The van der Waals surface area contributed by atoms with Crippen LogP contribution in [0.3, 0.4) is 0 Å². The van der Waals surface area contributed by atoms with Crippen molar-refractivity contribution in [1.29, 1.82) is 0 Å². The van der Waals surface area contributed by atoms with Crippen LogP contribution < -0.4 is 5.32 Å². The van der Waals surface area contributed by atoms with E-state index in [-0.39, 0.29) is 0 Å². The van der Waals surface area contributed by atoms with Crippen LogP contribution in [-0.2, 0) is 0 Å². The van der Waals surface area contributed by atoms with Crippen LogP contribution in [0.25, 0.3) is 0 Å². The Balaban J connectivity index is 2.05. The Morgan fingerprint density at radius 2 is 2.06 bits per heavy atom. The summed E-state index contributed by atoms with van der Waals surface area (Å²) in [6, 6.07) is 1.30. The first-order valence-electron chi connectivity index (χ1n) is 6.80. The number of rotatable bonds is 7. The Morgan fingerprint density at radius 1 is 1.38 bits per heavy atom. The predicted molar refractivity (Wildman–Crippen MR) is 71.8 cm³/mol. The first-order valence-corrected chi connectivity index (χ1v) is 6.80. The Labute approximate surface area is 101 Å². The van der Waals surface area contributed by atoms with E-state index in [2.05, 4.69) is 30.8 Å². The van der Waals surface area contributed by atoms with E-state index in [0.29, 0.717) is 6.04 Å². The molecule has 94 valence electrons. The zero-order valence-electron chi connectivity index (χ0n) is 11.0. The summed E-state index contributed by atoms with van der Waals surface area (Å²) in [7, 11) is 2.28. The minimum Gasteiger partial charge on any atom is -0.311 e. The van der Waals surface area contributed by atoms with Crippen molar-refractivity contribution in [2.75, 3.05) is 20.1 Å². The minimum absolute atomic E-state index is 0.444. The molecule has 2 nitrogen and oxygen atoms in total. The molecule has 0 aromatic rings. The first kappa shape index (κ1) is 13.7. The highest BCUT2D eigenvalue weighted by atomic mass is 15.1. The molecular formula is C14H28N2. The van der Waals surface area contributed by atoms with Gasteiger partial charge in [0.25, 0.3) is 0 Å². The van der Waals surface area contributed by atoms with Crippen LogP contribution in [-0.4, -0.2) is 37.1 Å². The second-order valence-electron chi connectivity index (χ2n) is 5.10. The quantitative estimate of drug-likeness (QED) is 0.528. The van der Waals surface area contributed by atoms with Gasteiger partial charge in [-0.15, -0.1) is 6.58 Å². The molecule has 1 atom stereocenters. The van der Waals surface area contributed by atoms with Crippen LogP contribution in [0.4, 0.5) is 0 Å². The van der Waals surface area contributed by atoms with Crippen molar-refractivity contribution < 1.29 is 0 Å². The maximum atomic E-state index is 3.77. The highest BCUT2D eigenvalue weighted by Crippen LogP contribution is 2.21. The lowest BCUT2D eigenvalue weighted by Gasteiger charge is -2.31. The van der Waals surface area contributed by atoms with E-state index in [1.165, 1.54) is 45.1 Å². The van der Waals surface area contributed by atoms with E-state index in [4.69, 9.17) is 0 Å². The molecule has 0 amide bonds. The maximum absolute atomic E-state index is 3.77. The third-order valence-corrected chi connectivity index (χ3v) is 3.71. The fraction of sp³-hybridized carbons (Fsp3) is 0.857. The molecule has 1 aliphatic carbocycles. The van der Waals surface area contributed by atoms with Crippen molar-refractivity contribution in [2.45, 2.75) is 57.5 Å². The van der Waals surface area contributed by atoms with Gasteiger partial charge in [-0.25, -0.2) is 0 Å². The minimum atomic E-state index is 0.444. The number of hydrogen-bond donors (Lipinski definition) is 1. The van der Waals surface area contributed by atoms with Crippen LogP contribution >= 0.6 is 0 Å². The van der Waals surface area contributed by atoms with Gasteiger partial charge in [0.2, 0.25) is 0 Å². The molecule has 0 radical (unpaired) electrons. The largest absolute Gasteiger partial charge is 0.311 e. The number of nitrogens with one attached hydrogen (secondary N) is 1. The topological polar surface area (TPSA) is 15.3 Å². The summed E-state index contributed by atoms with van der Waals surface area (Å²) in [5.41, 5.74) is 0. The number of hydrogen-bond acceptors (Lipinski definition) is 2. The molecule has 1 fully saturated rings. The molecule has 0 aromatic carbocycles. The Hall–Kier alpha value is -0.340. The van der Waals surface area contributed by atoms with Crippen molar-refractivity contribution in [1.82, 2.24) is 10.2 Å². The second-order valence-corrected chi connectivity index (χ2v) is 5.10. The molecule has 2 heteroatoms. The van der Waals surface area contributed by atoms with Gasteiger partial charge < -0.3 is 10.2 Å². The molecular weight excluding hydrogens is 196 g/mol. The highest BCUT2D eigenvalue weighted by Gasteiger charge is 2.16. The predicted octanol–water partition coefficient (Wildman–Crippen LogP) is 2.81. The van der Waals surface area contributed by atoms with E-state index >= 15 is 0 Å². The summed E-state index contributed by atoms with van der Waals surface area (Å²) in [5.74, 6) is 0. The van der Waals surface area contributed by atoms with Crippen LogP contribution in [0.1, 0.15) is 45.4 Å². The van der Waals surface area contributed by atoms with Crippen LogP contribution in [0.15, 0.2) is 12.7 Å². The van der Waals surface area contributed by atoms with Crippen LogP contribution in [0, 0.1) is 0 Å². The molecule has 0 saturated heterocycles. The molecule has 0 aromatic heterocycles. The van der Waals surface area contributed by atoms with Crippen molar-refractivity contribution in [3.63, 3.8) is 0 Å². The third-order valence-electron chi connectivity index (χ3n) is 3.71. The van der Waals surface area contributed by atoms with Crippen molar-refractivity contribution in [2.24, 2.45) is 0 Å². The second kappa shape index (κ2) is 7.86. The maximum Gasteiger partial charge on any atom is 0.0219 e. The molecule has 1 rings (SSSR count). The molecule has 0 heterocycles. The summed E-state index contributed by atoms with van der Waals surface area (Å²) < 4.78 is 0. The zero-order chi connectivity index (χ0) is 11.8. The zero-order valence-corrected chi connectivity index (χ0v) is 11.0. The van der Waals surface area contributed by atoms with Crippen molar-refractivity contribution in [3.8, 4) is 0 Å². The molecule has 1 unspecified atom stereocenters. The van der Waals surface area contributed by atoms with E-state index < -0.39 is 0 Å². The van der Waals surface area contributed by atoms with Crippen LogP contribution in [0.2, 0.25) is 0 Å². The summed E-state index contributed by atoms with van der Waals surface area (Å²) in [5, 5.41) is 3.45. The summed E-state index contributed by atoms with van der Waals surface area (Å²) in [6.45, 7) is 8.25. The Bertz CT molecular complexity index is 185. The van der Waals surface area contributed by atoms with Gasteiger partial charge in [-0.1, -0.05) is 25.3 Å². The number of nitrogens with zero attached hydrogens (tertiary/aromatic N) is 1. The fourth-order valence-corrected chi connectivity index (χ4v) is 2.45. The van der Waals surface area contributed by atoms with E-state index in [1.807, 2.05) is 6.08 Å². The standard InChI is InChI=1S/C14H28N2/c1-4-13(2)15-11-8-12-16(3)14-9-6-5-7-10-14/h4,13-15H,1,5-12H2,2-3H3. The average Bonchev–Trinajstić information content (AvgIpc) is 2.35. The highest BCUT2D eigenvalue weighted by molar-refractivity contribution is 4.81. The van der Waals surface area contributed by atoms with E-state index in [9.17, 15) is 0 Å². The average molecular weight is 224 g/mol.